The summed E-state index contributed by atoms with van der Waals surface area (Å²) in [6, 6.07) is 0. The maximum atomic E-state index is 11.0. The Labute approximate surface area is 91.4 Å². The molecule has 0 heterocycles. The molecule has 0 aliphatic carbocycles. The van der Waals surface area contributed by atoms with Crippen LogP contribution in [0.4, 0.5) is 0 Å². The molecule has 11 heavy (non-hydrogen) atoms. The number of ether oxygens (including phenoxy) is 1. The van der Waals surface area contributed by atoms with Crippen LogP contribution in [-0.4, -0.2) is 27.6 Å². The van der Waals surface area contributed by atoms with Crippen molar-refractivity contribution < 1.29 is 9.53 Å². The van der Waals surface area contributed by atoms with E-state index in [1.54, 1.807) is 6.92 Å². The van der Waals surface area contributed by atoms with Crippen LogP contribution in [-0.2, 0) is 9.53 Å². The van der Waals surface area contributed by atoms with Gasteiger partial charge >= 0.3 is 5.97 Å². The molecule has 0 amide bonds. The summed E-state index contributed by atoms with van der Waals surface area (Å²) in [7, 11) is 0. The molecule has 0 aliphatic heterocycles. The summed E-state index contributed by atoms with van der Waals surface area (Å²) in [6.45, 7) is 2.21. The largest absolute Gasteiger partial charge is 0.465 e. The zero-order chi connectivity index (χ0) is 8.85. The van der Waals surface area contributed by atoms with Crippen LogP contribution in [0.1, 0.15) is 6.92 Å². The molecule has 0 aromatic carbocycles. The molecule has 66 valence electrons. The summed E-state index contributed by atoms with van der Waals surface area (Å²) in [5.41, 5.74) is 0. The molecule has 2 unspecified atom stereocenters. The van der Waals surface area contributed by atoms with Gasteiger partial charge in [0, 0.05) is 10.2 Å². The highest BCUT2D eigenvalue weighted by Gasteiger charge is 2.23. The van der Waals surface area contributed by atoms with E-state index in [2.05, 4.69) is 47.8 Å². The third-order valence-electron chi connectivity index (χ3n) is 0.977. The number of alkyl halides is 3. The number of carbonyl (C=O) groups is 1. The topological polar surface area (TPSA) is 26.3 Å². The summed E-state index contributed by atoms with van der Waals surface area (Å²) in [4.78, 5) is 10.8. The zero-order valence-electron chi connectivity index (χ0n) is 6.02. The minimum absolute atomic E-state index is 0.0709. The van der Waals surface area contributed by atoms with E-state index in [0.29, 0.717) is 11.9 Å². The molecule has 5 heteroatoms. The zero-order valence-corrected chi connectivity index (χ0v) is 10.8. The second-order valence-electron chi connectivity index (χ2n) is 1.82. The van der Waals surface area contributed by atoms with Crippen LogP contribution >= 0.6 is 47.8 Å². The van der Waals surface area contributed by atoms with Crippen molar-refractivity contribution in [3.63, 3.8) is 0 Å². The average molecular weight is 353 g/mol. The Morgan fingerprint density at radius 2 is 2.09 bits per heavy atom. The first-order valence-corrected chi connectivity index (χ1v) is 6.09. The predicted octanol–water partition coefficient (Wildman–Crippen LogP) is 2.47. The van der Waals surface area contributed by atoms with Crippen LogP contribution in [0.15, 0.2) is 0 Å². The van der Waals surface area contributed by atoms with Gasteiger partial charge in [-0.1, -0.05) is 47.8 Å². The Bertz CT molecular complexity index is 129. The van der Waals surface area contributed by atoms with Gasteiger partial charge in [-0.2, -0.15) is 0 Å². The van der Waals surface area contributed by atoms with Gasteiger partial charge in [0.2, 0.25) is 0 Å². The fourth-order valence-corrected chi connectivity index (χ4v) is 1.86. The van der Waals surface area contributed by atoms with Crippen LogP contribution in [0.3, 0.4) is 0 Å². The van der Waals surface area contributed by atoms with E-state index in [1.807, 2.05) is 0 Å². The molecule has 2 nitrogen and oxygen atoms in total. The highest BCUT2D eigenvalue weighted by molar-refractivity contribution is 9.13. The van der Waals surface area contributed by atoms with Gasteiger partial charge in [0.15, 0.2) is 0 Å². The molecule has 0 spiro atoms. The third kappa shape index (κ3) is 4.48. The number of hydrogen-bond acceptors (Lipinski definition) is 2. The molecule has 0 saturated carbocycles. The van der Waals surface area contributed by atoms with Crippen LogP contribution in [0.5, 0.6) is 0 Å². The molecule has 0 saturated heterocycles. The van der Waals surface area contributed by atoms with Gasteiger partial charge < -0.3 is 4.74 Å². The fourth-order valence-electron chi connectivity index (χ4n) is 0.448. The van der Waals surface area contributed by atoms with Gasteiger partial charge in [-0.25, -0.2) is 0 Å². The third-order valence-corrected chi connectivity index (χ3v) is 5.12. The Kier molecular flexibility index (Phi) is 6.96. The van der Waals surface area contributed by atoms with Crippen LogP contribution in [0, 0.1) is 0 Å². The summed E-state index contributed by atoms with van der Waals surface area (Å²) >= 11 is 9.79. The van der Waals surface area contributed by atoms with Crippen molar-refractivity contribution in [2.24, 2.45) is 0 Å². The molecule has 0 aromatic rings. The molecule has 0 aliphatic rings. The minimum atomic E-state index is -0.276. The molecule has 0 fully saturated rings. The first kappa shape index (κ1) is 11.9. The lowest BCUT2D eigenvalue weighted by atomic mass is 10.3. The fraction of sp³-hybridized carbons (Fsp3) is 0.833. The Balaban J connectivity index is 3.80. The average Bonchev–Trinajstić information content (AvgIpc) is 2.02. The first-order valence-electron chi connectivity index (χ1n) is 3.14. The minimum Gasteiger partial charge on any atom is -0.465 e. The van der Waals surface area contributed by atoms with E-state index in [1.165, 1.54) is 0 Å². The van der Waals surface area contributed by atoms with Crippen molar-refractivity contribution in [3.8, 4) is 0 Å². The van der Waals surface area contributed by atoms with E-state index in [4.69, 9.17) is 4.74 Å². The van der Waals surface area contributed by atoms with Gasteiger partial charge in [-0.15, -0.1) is 0 Å². The monoisotopic (exact) mass is 350 g/mol. The maximum Gasteiger partial charge on any atom is 0.320 e. The lowest BCUT2D eigenvalue weighted by Gasteiger charge is -2.12. The summed E-state index contributed by atoms with van der Waals surface area (Å²) < 4.78 is 4.79. The van der Waals surface area contributed by atoms with Gasteiger partial charge in [0.1, 0.15) is 4.83 Å². The summed E-state index contributed by atoms with van der Waals surface area (Å²) in [6.07, 6.45) is 0. The van der Waals surface area contributed by atoms with Crippen molar-refractivity contribution in [1.82, 2.24) is 0 Å². The van der Waals surface area contributed by atoms with Crippen molar-refractivity contribution in [2.45, 2.75) is 16.6 Å². The Morgan fingerprint density at radius 1 is 1.55 bits per heavy atom. The van der Waals surface area contributed by atoms with Crippen molar-refractivity contribution in [2.75, 3.05) is 11.9 Å². The van der Waals surface area contributed by atoms with E-state index in [9.17, 15) is 4.79 Å². The molecule has 0 radical (unpaired) electrons. The van der Waals surface area contributed by atoms with E-state index < -0.39 is 0 Å². The quantitative estimate of drug-likeness (QED) is 0.574. The first-order chi connectivity index (χ1) is 5.13. The Hall–Kier alpha value is 0.910. The number of halogens is 3. The molecular weight excluding hydrogens is 344 g/mol. The SMILES string of the molecule is CCOC(=O)C(Br)C(Br)CBr. The smallest absolute Gasteiger partial charge is 0.320 e. The van der Waals surface area contributed by atoms with E-state index >= 15 is 0 Å². The lowest BCUT2D eigenvalue weighted by Crippen LogP contribution is -2.27. The number of carbonyl (C=O) groups excluding carboxylic acids is 1. The Morgan fingerprint density at radius 3 is 2.45 bits per heavy atom. The van der Waals surface area contributed by atoms with Crippen LogP contribution in [0.25, 0.3) is 0 Å². The van der Waals surface area contributed by atoms with Gasteiger partial charge in [-0.3, -0.25) is 4.79 Å². The van der Waals surface area contributed by atoms with Crippen molar-refractivity contribution >= 4 is 53.8 Å². The molecule has 0 aromatic heterocycles. The summed E-state index contributed by atoms with van der Waals surface area (Å²) in [5.74, 6) is -0.228. The molecule has 0 bridgehead atoms. The lowest BCUT2D eigenvalue weighted by molar-refractivity contribution is -0.142. The molecule has 0 rings (SSSR count). The number of esters is 1. The predicted molar refractivity (Wildman–Crippen MR) is 55.9 cm³/mol. The van der Waals surface area contributed by atoms with E-state index in [-0.39, 0.29) is 15.6 Å². The molecule has 0 N–H and O–H groups in total. The number of rotatable bonds is 4. The standard InChI is InChI=1S/C6H9Br3O2/c1-2-11-6(10)5(9)4(8)3-7/h4-5H,2-3H2,1H3. The highest BCUT2D eigenvalue weighted by atomic mass is 79.9. The van der Waals surface area contributed by atoms with Crippen LogP contribution < -0.4 is 0 Å². The van der Waals surface area contributed by atoms with Gasteiger partial charge in [0.05, 0.1) is 6.61 Å². The van der Waals surface area contributed by atoms with Gasteiger partial charge in [-0.05, 0) is 6.92 Å². The maximum absolute atomic E-state index is 11.0. The second kappa shape index (κ2) is 6.43. The summed E-state index contributed by atoms with van der Waals surface area (Å²) in [5, 5.41) is 0.710. The molecule has 2 atom stereocenters. The van der Waals surface area contributed by atoms with E-state index in [0.717, 1.165) is 0 Å². The van der Waals surface area contributed by atoms with Crippen molar-refractivity contribution in [1.29, 1.82) is 0 Å². The number of hydrogen-bond donors (Lipinski definition) is 0. The van der Waals surface area contributed by atoms with Crippen molar-refractivity contribution in [3.05, 3.63) is 0 Å². The molecular formula is C6H9Br3O2. The van der Waals surface area contributed by atoms with Crippen LogP contribution in [0.2, 0.25) is 0 Å². The normalized spacial score (nSPS) is 15.6. The van der Waals surface area contributed by atoms with Gasteiger partial charge in [0.25, 0.3) is 0 Å². The second-order valence-corrected chi connectivity index (χ2v) is 4.63. The highest BCUT2D eigenvalue weighted by Crippen LogP contribution is 2.17.